The van der Waals surface area contributed by atoms with Crippen LogP contribution in [0.1, 0.15) is 25.8 Å². The van der Waals surface area contributed by atoms with Crippen molar-refractivity contribution in [2.75, 3.05) is 13.1 Å². The molecule has 0 aliphatic heterocycles. The first-order valence-electron chi connectivity index (χ1n) is 7.20. The number of carbonyl (C=O) groups is 2. The van der Waals surface area contributed by atoms with Crippen molar-refractivity contribution < 1.29 is 14.7 Å². The predicted octanol–water partition coefficient (Wildman–Crippen LogP) is 1.52. The van der Waals surface area contributed by atoms with E-state index >= 15 is 0 Å². The summed E-state index contributed by atoms with van der Waals surface area (Å²) in [6.07, 6.45) is 1.22. The normalized spacial score (nSPS) is 12.2. The lowest BCUT2D eigenvalue weighted by atomic mass is 10.0. The number of rotatable bonds is 8. The highest BCUT2D eigenvalue weighted by atomic mass is 16.4. The van der Waals surface area contributed by atoms with Gasteiger partial charge < -0.3 is 15.7 Å². The monoisotopic (exact) mass is 292 g/mol. The molecule has 0 aromatic heterocycles. The van der Waals surface area contributed by atoms with Crippen LogP contribution in [0.15, 0.2) is 30.3 Å². The van der Waals surface area contributed by atoms with Crippen molar-refractivity contribution in [2.45, 2.75) is 32.7 Å². The second-order valence-electron chi connectivity index (χ2n) is 5.64. The number of carbonyl (C=O) groups excluding carboxylic acids is 1. The molecule has 0 unspecified atom stereocenters. The zero-order chi connectivity index (χ0) is 15.8. The average Bonchev–Trinajstić information content (AvgIpc) is 2.43. The van der Waals surface area contributed by atoms with E-state index in [1.54, 1.807) is 0 Å². The van der Waals surface area contributed by atoms with Crippen LogP contribution in [-0.2, 0) is 16.0 Å². The first-order chi connectivity index (χ1) is 9.90. The third-order valence-electron chi connectivity index (χ3n) is 3.13. The van der Waals surface area contributed by atoms with Crippen LogP contribution in [-0.4, -0.2) is 41.0 Å². The third kappa shape index (κ3) is 6.40. The van der Waals surface area contributed by atoms with E-state index in [-0.39, 0.29) is 18.4 Å². The lowest BCUT2D eigenvalue weighted by Crippen LogP contribution is -2.47. The highest BCUT2D eigenvalue weighted by molar-refractivity contribution is 5.85. The van der Waals surface area contributed by atoms with E-state index in [0.717, 1.165) is 5.56 Å². The van der Waals surface area contributed by atoms with Gasteiger partial charge in [-0.05, 0) is 24.3 Å². The summed E-state index contributed by atoms with van der Waals surface area (Å²) in [6, 6.07) is 9.13. The molecule has 0 saturated carbocycles. The Morgan fingerprint density at radius 3 is 2.38 bits per heavy atom. The SMILES string of the molecule is CC(C)CN(CC(=O)O)C(=O)[C@@H](N)CCc1ccccc1. The van der Waals surface area contributed by atoms with E-state index in [0.29, 0.717) is 19.4 Å². The molecule has 1 rings (SSSR count). The smallest absolute Gasteiger partial charge is 0.323 e. The number of nitrogens with two attached hydrogens (primary N) is 1. The van der Waals surface area contributed by atoms with Gasteiger partial charge >= 0.3 is 5.97 Å². The number of carboxylic acids is 1. The molecule has 0 aliphatic rings. The minimum absolute atomic E-state index is 0.203. The standard InChI is InChI=1S/C16H24N2O3/c1-12(2)10-18(11-15(19)20)16(21)14(17)9-8-13-6-4-3-5-7-13/h3-7,12,14H,8-11,17H2,1-2H3,(H,19,20)/t14-/m0/s1. The van der Waals surface area contributed by atoms with Gasteiger partial charge in [0.25, 0.3) is 0 Å². The van der Waals surface area contributed by atoms with Gasteiger partial charge in [0.2, 0.25) is 5.91 Å². The van der Waals surface area contributed by atoms with Crippen LogP contribution < -0.4 is 5.73 Å². The van der Waals surface area contributed by atoms with Crippen LogP contribution in [0.25, 0.3) is 0 Å². The van der Waals surface area contributed by atoms with E-state index in [1.165, 1.54) is 4.90 Å². The van der Waals surface area contributed by atoms with Gasteiger partial charge in [-0.2, -0.15) is 0 Å². The van der Waals surface area contributed by atoms with Crippen LogP contribution in [0.2, 0.25) is 0 Å². The lowest BCUT2D eigenvalue weighted by Gasteiger charge is -2.25. The van der Waals surface area contributed by atoms with Gasteiger partial charge in [-0.15, -0.1) is 0 Å². The van der Waals surface area contributed by atoms with Crippen LogP contribution in [0.4, 0.5) is 0 Å². The van der Waals surface area contributed by atoms with Gasteiger partial charge in [0.05, 0.1) is 6.04 Å². The van der Waals surface area contributed by atoms with Gasteiger partial charge in [-0.25, -0.2) is 0 Å². The summed E-state index contributed by atoms with van der Waals surface area (Å²) in [5.74, 6) is -1.10. The zero-order valence-corrected chi connectivity index (χ0v) is 12.7. The third-order valence-corrected chi connectivity index (χ3v) is 3.13. The van der Waals surface area contributed by atoms with Crippen LogP contribution in [0, 0.1) is 5.92 Å². The highest BCUT2D eigenvalue weighted by Gasteiger charge is 2.23. The molecule has 0 heterocycles. The number of amides is 1. The Kier molecular flexibility index (Phi) is 6.88. The number of carboxylic acid groups (broad SMARTS) is 1. The molecule has 1 aromatic carbocycles. The summed E-state index contributed by atoms with van der Waals surface area (Å²) < 4.78 is 0. The summed E-state index contributed by atoms with van der Waals surface area (Å²) >= 11 is 0. The van der Waals surface area contributed by atoms with Gasteiger partial charge in [0.1, 0.15) is 6.54 Å². The number of aryl methyl sites for hydroxylation is 1. The number of nitrogens with zero attached hydrogens (tertiary/aromatic N) is 1. The largest absolute Gasteiger partial charge is 0.480 e. The second kappa shape index (κ2) is 8.42. The van der Waals surface area contributed by atoms with Crippen LogP contribution in [0.3, 0.4) is 0 Å². The van der Waals surface area contributed by atoms with Crippen molar-refractivity contribution in [1.82, 2.24) is 4.90 Å². The number of aliphatic carboxylic acids is 1. The molecule has 1 aromatic rings. The molecule has 0 bridgehead atoms. The molecule has 5 nitrogen and oxygen atoms in total. The van der Waals surface area contributed by atoms with Gasteiger partial charge in [0, 0.05) is 6.54 Å². The molecule has 1 amide bonds. The van der Waals surface area contributed by atoms with Crippen LogP contribution in [0.5, 0.6) is 0 Å². The van der Waals surface area contributed by atoms with E-state index in [4.69, 9.17) is 10.8 Å². The van der Waals surface area contributed by atoms with Crippen molar-refractivity contribution in [3.05, 3.63) is 35.9 Å². The molecule has 0 radical (unpaired) electrons. The first kappa shape index (κ1) is 17.2. The van der Waals surface area contributed by atoms with Crippen molar-refractivity contribution in [1.29, 1.82) is 0 Å². The average molecular weight is 292 g/mol. The Labute approximate surface area is 125 Å². The van der Waals surface area contributed by atoms with E-state index < -0.39 is 12.0 Å². The maximum absolute atomic E-state index is 12.3. The maximum atomic E-state index is 12.3. The Balaban J connectivity index is 2.58. The fraction of sp³-hybridized carbons (Fsp3) is 0.500. The Morgan fingerprint density at radius 2 is 1.86 bits per heavy atom. The number of benzene rings is 1. The van der Waals surface area contributed by atoms with Gasteiger partial charge in [-0.3, -0.25) is 9.59 Å². The zero-order valence-electron chi connectivity index (χ0n) is 12.7. The molecule has 0 fully saturated rings. The maximum Gasteiger partial charge on any atom is 0.323 e. The fourth-order valence-corrected chi connectivity index (χ4v) is 2.16. The van der Waals surface area contributed by atoms with Crippen molar-refractivity contribution in [2.24, 2.45) is 11.7 Å². The molecule has 0 saturated heterocycles. The molecule has 1 atom stereocenters. The predicted molar refractivity (Wildman–Crippen MR) is 81.8 cm³/mol. The Hall–Kier alpha value is -1.88. The minimum Gasteiger partial charge on any atom is -0.480 e. The summed E-state index contributed by atoms with van der Waals surface area (Å²) in [4.78, 5) is 24.5. The first-order valence-corrected chi connectivity index (χ1v) is 7.20. The quantitative estimate of drug-likeness (QED) is 0.761. The summed E-state index contributed by atoms with van der Waals surface area (Å²) in [5, 5.41) is 8.90. The molecule has 3 N–H and O–H groups in total. The fourth-order valence-electron chi connectivity index (χ4n) is 2.16. The van der Waals surface area contributed by atoms with Crippen molar-refractivity contribution in [3.8, 4) is 0 Å². The van der Waals surface area contributed by atoms with Crippen LogP contribution >= 0.6 is 0 Å². The number of hydrogen-bond acceptors (Lipinski definition) is 3. The Bertz CT molecular complexity index is 460. The van der Waals surface area contributed by atoms with Gasteiger partial charge in [0.15, 0.2) is 0 Å². The summed E-state index contributed by atoms with van der Waals surface area (Å²) in [7, 11) is 0. The van der Waals surface area contributed by atoms with Crippen molar-refractivity contribution in [3.63, 3.8) is 0 Å². The minimum atomic E-state index is -1.01. The summed E-state index contributed by atoms with van der Waals surface area (Å²) in [5.41, 5.74) is 7.05. The molecule has 0 spiro atoms. The van der Waals surface area contributed by atoms with E-state index in [9.17, 15) is 9.59 Å². The molecule has 5 heteroatoms. The molecular weight excluding hydrogens is 268 g/mol. The lowest BCUT2D eigenvalue weighted by molar-refractivity contribution is -0.145. The van der Waals surface area contributed by atoms with Gasteiger partial charge in [-0.1, -0.05) is 44.2 Å². The molecular formula is C16H24N2O3. The Morgan fingerprint density at radius 1 is 1.24 bits per heavy atom. The number of hydrogen-bond donors (Lipinski definition) is 2. The summed E-state index contributed by atoms with van der Waals surface area (Å²) in [6.45, 7) is 4.00. The molecule has 116 valence electrons. The second-order valence-corrected chi connectivity index (χ2v) is 5.64. The topological polar surface area (TPSA) is 83.6 Å². The molecule has 0 aliphatic carbocycles. The highest BCUT2D eigenvalue weighted by Crippen LogP contribution is 2.07. The van der Waals surface area contributed by atoms with E-state index in [1.807, 2.05) is 44.2 Å². The van der Waals surface area contributed by atoms with Crippen molar-refractivity contribution >= 4 is 11.9 Å². The molecule has 21 heavy (non-hydrogen) atoms. The van der Waals surface area contributed by atoms with E-state index in [2.05, 4.69) is 0 Å².